The molecule has 0 unspecified atom stereocenters. The van der Waals surface area contributed by atoms with E-state index in [1.807, 2.05) is 0 Å². The van der Waals surface area contributed by atoms with Crippen molar-refractivity contribution < 1.29 is 18.8 Å². The predicted molar refractivity (Wildman–Crippen MR) is 82.2 cm³/mol. The van der Waals surface area contributed by atoms with Gasteiger partial charge < -0.3 is 5.32 Å². The number of nitrogens with zero attached hydrogens (tertiary/aromatic N) is 1. The highest BCUT2D eigenvalue weighted by molar-refractivity contribution is 6.31. The van der Waals surface area contributed by atoms with Gasteiger partial charge in [0.25, 0.3) is 17.7 Å². The monoisotopic (exact) mass is 332 g/mol. The minimum absolute atomic E-state index is 0.0671. The van der Waals surface area contributed by atoms with E-state index in [4.69, 9.17) is 11.6 Å². The van der Waals surface area contributed by atoms with Crippen LogP contribution in [0.5, 0.6) is 0 Å². The van der Waals surface area contributed by atoms with Crippen molar-refractivity contribution in [2.45, 2.75) is 0 Å². The first-order chi connectivity index (χ1) is 10.9. The van der Waals surface area contributed by atoms with E-state index in [0.717, 1.165) is 4.90 Å². The number of hydrogen-bond acceptors (Lipinski definition) is 3. The Kier molecular flexibility index (Phi) is 3.61. The van der Waals surface area contributed by atoms with Crippen molar-refractivity contribution in [2.24, 2.45) is 0 Å². The fourth-order valence-electron chi connectivity index (χ4n) is 2.30. The molecule has 1 heterocycles. The fraction of sp³-hybridized carbons (Fsp3) is 0.0625. The van der Waals surface area contributed by atoms with Crippen LogP contribution in [-0.2, 0) is 0 Å². The summed E-state index contributed by atoms with van der Waals surface area (Å²) in [5.74, 6) is -2.25. The van der Waals surface area contributed by atoms with Gasteiger partial charge in [-0.2, -0.15) is 0 Å². The highest BCUT2D eigenvalue weighted by Crippen LogP contribution is 2.25. The molecule has 7 heteroatoms. The average molecular weight is 333 g/mol. The van der Waals surface area contributed by atoms with Crippen LogP contribution in [0.25, 0.3) is 0 Å². The van der Waals surface area contributed by atoms with E-state index >= 15 is 0 Å². The van der Waals surface area contributed by atoms with Crippen LogP contribution in [-0.4, -0.2) is 29.7 Å². The van der Waals surface area contributed by atoms with Gasteiger partial charge >= 0.3 is 0 Å². The quantitative estimate of drug-likeness (QED) is 0.860. The Hall–Kier alpha value is -2.73. The second-order valence-electron chi connectivity index (χ2n) is 4.99. The van der Waals surface area contributed by atoms with Gasteiger partial charge in [0, 0.05) is 12.6 Å². The normalized spacial score (nSPS) is 13.3. The summed E-state index contributed by atoms with van der Waals surface area (Å²) in [4.78, 5) is 36.9. The molecule has 3 rings (SSSR count). The summed E-state index contributed by atoms with van der Waals surface area (Å²) < 4.78 is 13.8. The van der Waals surface area contributed by atoms with Crippen LogP contribution < -0.4 is 5.32 Å². The van der Waals surface area contributed by atoms with Gasteiger partial charge in [0.1, 0.15) is 0 Å². The second kappa shape index (κ2) is 5.48. The van der Waals surface area contributed by atoms with E-state index < -0.39 is 23.5 Å². The predicted octanol–water partition coefficient (Wildman–Crippen LogP) is 2.96. The summed E-state index contributed by atoms with van der Waals surface area (Å²) in [7, 11) is 1.37. The van der Waals surface area contributed by atoms with Gasteiger partial charge in [-0.1, -0.05) is 17.7 Å². The molecule has 5 nitrogen and oxygen atoms in total. The molecule has 3 amide bonds. The van der Waals surface area contributed by atoms with Gasteiger partial charge in [0.05, 0.1) is 21.8 Å². The van der Waals surface area contributed by atoms with Crippen molar-refractivity contribution in [3.8, 4) is 0 Å². The zero-order chi connectivity index (χ0) is 16.7. The molecule has 1 N–H and O–H groups in total. The molecule has 23 heavy (non-hydrogen) atoms. The smallest absolute Gasteiger partial charge is 0.261 e. The molecule has 1 aliphatic heterocycles. The van der Waals surface area contributed by atoms with Crippen molar-refractivity contribution >= 4 is 35.0 Å². The van der Waals surface area contributed by atoms with Gasteiger partial charge in [-0.15, -0.1) is 0 Å². The molecule has 0 atom stereocenters. The molecule has 0 spiro atoms. The number of hydrogen-bond donors (Lipinski definition) is 1. The second-order valence-corrected chi connectivity index (χ2v) is 5.39. The van der Waals surface area contributed by atoms with Gasteiger partial charge in [-0.3, -0.25) is 19.3 Å². The van der Waals surface area contributed by atoms with E-state index in [0.29, 0.717) is 0 Å². The van der Waals surface area contributed by atoms with Crippen LogP contribution in [0.2, 0.25) is 5.02 Å². The molecule has 0 fully saturated rings. The van der Waals surface area contributed by atoms with Crippen molar-refractivity contribution in [3.63, 3.8) is 0 Å². The van der Waals surface area contributed by atoms with Crippen molar-refractivity contribution in [1.82, 2.24) is 4.90 Å². The number of carbonyl (C=O) groups is 3. The maximum Gasteiger partial charge on any atom is 0.261 e. The van der Waals surface area contributed by atoms with Crippen molar-refractivity contribution in [1.29, 1.82) is 0 Å². The lowest BCUT2D eigenvalue weighted by atomic mass is 10.1. The van der Waals surface area contributed by atoms with Gasteiger partial charge in [-0.25, -0.2) is 4.39 Å². The highest BCUT2D eigenvalue weighted by atomic mass is 35.5. The van der Waals surface area contributed by atoms with Crippen LogP contribution in [0.3, 0.4) is 0 Å². The first-order valence-corrected chi connectivity index (χ1v) is 6.99. The number of imide groups is 1. The SMILES string of the molecule is CN1C(=O)c2ccc(C(=O)Nc3cccc(Cl)c3F)cc2C1=O. The summed E-state index contributed by atoms with van der Waals surface area (Å²) in [5, 5.41) is 2.28. The minimum atomic E-state index is -0.741. The van der Waals surface area contributed by atoms with Crippen LogP contribution in [0.1, 0.15) is 31.1 Å². The molecule has 0 bridgehead atoms. The molecule has 2 aromatic rings. The minimum Gasteiger partial charge on any atom is -0.319 e. The topological polar surface area (TPSA) is 66.5 Å². The zero-order valence-electron chi connectivity index (χ0n) is 11.9. The summed E-state index contributed by atoms with van der Waals surface area (Å²) in [6, 6.07) is 8.36. The number of rotatable bonds is 2. The zero-order valence-corrected chi connectivity index (χ0v) is 12.6. The molecule has 116 valence electrons. The largest absolute Gasteiger partial charge is 0.319 e. The molecule has 0 radical (unpaired) electrons. The first kappa shape index (κ1) is 15.2. The lowest BCUT2D eigenvalue weighted by Crippen LogP contribution is -2.24. The van der Waals surface area contributed by atoms with Gasteiger partial charge in [0.15, 0.2) is 5.82 Å². The summed E-state index contributed by atoms with van der Waals surface area (Å²) in [5.41, 5.74) is 0.460. The molecule has 0 aromatic heterocycles. The van der Waals surface area contributed by atoms with Crippen LogP contribution >= 0.6 is 11.6 Å². The Bertz CT molecular complexity index is 866. The molecule has 0 saturated heterocycles. The Labute approximate surface area is 135 Å². The molecule has 1 aliphatic rings. The van der Waals surface area contributed by atoms with E-state index in [1.54, 1.807) is 0 Å². The number of benzene rings is 2. The van der Waals surface area contributed by atoms with E-state index in [9.17, 15) is 18.8 Å². The highest BCUT2D eigenvalue weighted by Gasteiger charge is 2.33. The lowest BCUT2D eigenvalue weighted by molar-refractivity contribution is 0.0693. The maximum atomic E-state index is 13.8. The fourth-order valence-corrected chi connectivity index (χ4v) is 2.47. The van der Waals surface area contributed by atoms with E-state index in [1.165, 1.54) is 43.4 Å². The van der Waals surface area contributed by atoms with Gasteiger partial charge in [-0.05, 0) is 30.3 Å². The van der Waals surface area contributed by atoms with Crippen LogP contribution in [0.4, 0.5) is 10.1 Å². The standard InChI is InChI=1S/C16H10ClFN2O3/c1-20-15(22)9-6-5-8(7-10(9)16(20)23)14(21)19-12-4-2-3-11(17)13(12)18/h2-7H,1H3,(H,19,21). The molecule has 0 saturated carbocycles. The Morgan fingerprint density at radius 3 is 2.57 bits per heavy atom. The summed E-state index contributed by atoms with van der Waals surface area (Å²) >= 11 is 5.66. The first-order valence-electron chi connectivity index (χ1n) is 6.62. The Morgan fingerprint density at radius 1 is 1.13 bits per heavy atom. The lowest BCUT2D eigenvalue weighted by Gasteiger charge is -2.08. The maximum absolute atomic E-state index is 13.8. The molecular weight excluding hydrogens is 323 g/mol. The third-order valence-electron chi connectivity index (χ3n) is 3.55. The summed E-state index contributed by atoms with van der Waals surface area (Å²) in [6.07, 6.45) is 0. The molecular formula is C16H10ClFN2O3. The van der Waals surface area contributed by atoms with E-state index in [-0.39, 0.29) is 27.4 Å². The summed E-state index contributed by atoms with van der Waals surface area (Å²) in [6.45, 7) is 0. The van der Waals surface area contributed by atoms with E-state index in [2.05, 4.69) is 5.32 Å². The number of amides is 3. The molecule has 2 aromatic carbocycles. The van der Waals surface area contributed by atoms with Crippen LogP contribution in [0.15, 0.2) is 36.4 Å². The number of halogens is 2. The van der Waals surface area contributed by atoms with Crippen LogP contribution in [0, 0.1) is 5.82 Å². The number of fused-ring (bicyclic) bond motifs is 1. The van der Waals surface area contributed by atoms with Gasteiger partial charge in [0.2, 0.25) is 0 Å². The third-order valence-corrected chi connectivity index (χ3v) is 3.84. The number of anilines is 1. The number of nitrogens with one attached hydrogen (secondary N) is 1. The molecule has 0 aliphatic carbocycles. The van der Waals surface area contributed by atoms with Crippen molar-refractivity contribution in [3.05, 3.63) is 63.9 Å². The van der Waals surface area contributed by atoms with Crippen molar-refractivity contribution in [2.75, 3.05) is 12.4 Å². The Balaban J connectivity index is 1.92. The average Bonchev–Trinajstić information content (AvgIpc) is 2.76. The Morgan fingerprint density at radius 2 is 1.83 bits per heavy atom. The number of carbonyl (C=O) groups excluding carboxylic acids is 3. The third kappa shape index (κ3) is 2.47.